The summed E-state index contributed by atoms with van der Waals surface area (Å²) in [6.07, 6.45) is -4.68. The maximum absolute atomic E-state index is 13.1. The number of carbonyl (C=O) groups excluding carboxylic acids is 1. The number of rotatable bonds is 5. The van der Waals surface area contributed by atoms with Gasteiger partial charge in [-0.05, 0) is 36.8 Å². The molecule has 0 radical (unpaired) electrons. The van der Waals surface area contributed by atoms with Crippen LogP contribution < -0.4 is 10.1 Å². The molecule has 1 aromatic heterocycles. The Hall–Kier alpha value is -2.52. The van der Waals surface area contributed by atoms with E-state index >= 15 is 0 Å². The molecule has 1 N–H and O–H groups in total. The Morgan fingerprint density at radius 1 is 1.24 bits per heavy atom. The van der Waals surface area contributed by atoms with Gasteiger partial charge in [0.2, 0.25) is 5.88 Å². The summed E-state index contributed by atoms with van der Waals surface area (Å²) in [5.41, 5.74) is 0.548. The lowest BCUT2D eigenvalue weighted by Crippen LogP contribution is -2.21. The molecule has 3 aromatic rings. The Kier molecular flexibility index (Phi) is 6.18. The molecule has 29 heavy (non-hydrogen) atoms. The number of aromatic nitrogens is 2. The van der Waals surface area contributed by atoms with Crippen molar-refractivity contribution in [3.63, 3.8) is 0 Å². The van der Waals surface area contributed by atoms with Gasteiger partial charge in [0, 0.05) is 16.2 Å². The minimum absolute atomic E-state index is 0.183. The number of hydrogen-bond acceptors (Lipinski definition) is 3. The third-order valence-electron chi connectivity index (χ3n) is 3.85. The monoisotopic (exact) mass is 487 g/mol. The fraction of sp³-hybridized carbons (Fsp3) is 0.158. The molecule has 3 rings (SSSR count). The van der Waals surface area contributed by atoms with Gasteiger partial charge in [0.25, 0.3) is 5.91 Å². The molecule has 0 saturated heterocycles. The van der Waals surface area contributed by atoms with Gasteiger partial charge in [-0.2, -0.15) is 23.0 Å². The molecule has 0 spiro atoms. The Morgan fingerprint density at radius 2 is 1.97 bits per heavy atom. The molecule has 2 aromatic carbocycles. The van der Waals surface area contributed by atoms with Crippen LogP contribution >= 0.6 is 27.5 Å². The second-order valence-electron chi connectivity index (χ2n) is 6.03. The number of nitrogens with one attached hydrogen (secondary N) is 1. The van der Waals surface area contributed by atoms with Crippen LogP contribution in [0.3, 0.4) is 0 Å². The van der Waals surface area contributed by atoms with Crippen molar-refractivity contribution < 1.29 is 22.7 Å². The quantitative estimate of drug-likeness (QED) is 0.506. The summed E-state index contributed by atoms with van der Waals surface area (Å²) < 4.78 is 46.4. The van der Waals surface area contributed by atoms with Crippen LogP contribution in [0.25, 0.3) is 5.69 Å². The second-order valence-corrected chi connectivity index (χ2v) is 7.29. The van der Waals surface area contributed by atoms with Gasteiger partial charge in [0.15, 0.2) is 12.3 Å². The summed E-state index contributed by atoms with van der Waals surface area (Å²) >= 11 is 9.43. The van der Waals surface area contributed by atoms with Crippen molar-refractivity contribution >= 4 is 39.1 Å². The van der Waals surface area contributed by atoms with E-state index < -0.39 is 24.4 Å². The highest BCUT2D eigenvalue weighted by Crippen LogP contribution is 2.33. The average molecular weight is 489 g/mol. The third-order valence-corrected chi connectivity index (χ3v) is 5.03. The predicted octanol–water partition coefficient (Wildman–Crippen LogP) is 5.63. The summed E-state index contributed by atoms with van der Waals surface area (Å²) in [7, 11) is 0. The van der Waals surface area contributed by atoms with Crippen molar-refractivity contribution in [2.45, 2.75) is 13.1 Å². The molecular formula is C19H14BrClF3N3O2. The highest BCUT2D eigenvalue weighted by Gasteiger charge is 2.36. The van der Waals surface area contributed by atoms with Crippen molar-refractivity contribution in [1.29, 1.82) is 0 Å². The van der Waals surface area contributed by atoms with E-state index in [9.17, 15) is 18.0 Å². The van der Waals surface area contributed by atoms with E-state index in [-0.39, 0.29) is 16.6 Å². The third kappa shape index (κ3) is 5.10. The molecule has 0 unspecified atom stereocenters. The first-order valence-electron chi connectivity index (χ1n) is 8.26. The number of hydrogen-bond donors (Lipinski definition) is 1. The van der Waals surface area contributed by atoms with Gasteiger partial charge < -0.3 is 10.1 Å². The number of amides is 1. The van der Waals surface area contributed by atoms with E-state index in [2.05, 4.69) is 26.3 Å². The SMILES string of the molecule is Cc1ccc(NC(=O)COc2cc(C(F)(F)F)nn2-c2ccccc2Cl)cc1Br. The number of alkyl halides is 3. The van der Waals surface area contributed by atoms with Crippen molar-refractivity contribution in [1.82, 2.24) is 9.78 Å². The fourth-order valence-corrected chi connectivity index (χ4v) is 3.00. The number of nitrogens with zero attached hydrogens (tertiary/aromatic N) is 2. The lowest BCUT2D eigenvalue weighted by molar-refractivity contribution is -0.141. The lowest BCUT2D eigenvalue weighted by atomic mass is 10.2. The minimum atomic E-state index is -4.68. The summed E-state index contributed by atoms with van der Waals surface area (Å²) in [5, 5.41) is 6.34. The number of carbonyl (C=O) groups is 1. The number of aryl methyl sites for hydroxylation is 1. The number of halogens is 5. The summed E-state index contributed by atoms with van der Waals surface area (Å²) in [6, 6.07) is 12.2. The number of anilines is 1. The number of benzene rings is 2. The zero-order chi connectivity index (χ0) is 21.2. The van der Waals surface area contributed by atoms with Gasteiger partial charge in [-0.3, -0.25) is 4.79 Å². The first-order valence-corrected chi connectivity index (χ1v) is 9.43. The molecule has 10 heteroatoms. The summed E-state index contributed by atoms with van der Waals surface area (Å²) in [5.74, 6) is -0.799. The predicted molar refractivity (Wildman–Crippen MR) is 107 cm³/mol. The molecular weight excluding hydrogens is 475 g/mol. The molecule has 1 amide bonds. The van der Waals surface area contributed by atoms with Crippen LogP contribution in [0.1, 0.15) is 11.3 Å². The molecule has 0 atom stereocenters. The smallest absolute Gasteiger partial charge is 0.435 e. The molecule has 0 aliphatic rings. The van der Waals surface area contributed by atoms with E-state index in [4.69, 9.17) is 16.3 Å². The fourth-order valence-electron chi connectivity index (χ4n) is 2.41. The Balaban J connectivity index is 1.80. The van der Waals surface area contributed by atoms with Gasteiger partial charge in [-0.15, -0.1) is 0 Å². The number of para-hydroxylation sites is 1. The Bertz CT molecular complexity index is 1050. The van der Waals surface area contributed by atoms with E-state index in [0.717, 1.165) is 20.8 Å². The molecule has 0 fully saturated rings. The number of ether oxygens (including phenoxy) is 1. The zero-order valence-corrected chi connectivity index (χ0v) is 17.3. The Labute approximate surface area is 177 Å². The van der Waals surface area contributed by atoms with Crippen molar-refractivity contribution in [2.75, 3.05) is 11.9 Å². The van der Waals surface area contributed by atoms with Crippen LogP contribution in [-0.2, 0) is 11.0 Å². The van der Waals surface area contributed by atoms with E-state index in [1.807, 2.05) is 13.0 Å². The van der Waals surface area contributed by atoms with E-state index in [1.165, 1.54) is 12.1 Å². The molecule has 0 aliphatic heterocycles. The van der Waals surface area contributed by atoms with Crippen LogP contribution in [0.5, 0.6) is 5.88 Å². The largest absolute Gasteiger partial charge is 0.467 e. The van der Waals surface area contributed by atoms with Crippen LogP contribution in [0.2, 0.25) is 5.02 Å². The second kappa shape index (κ2) is 8.46. The first-order chi connectivity index (χ1) is 13.6. The van der Waals surface area contributed by atoms with Gasteiger partial charge in [0.05, 0.1) is 10.7 Å². The lowest BCUT2D eigenvalue weighted by Gasteiger charge is -2.11. The van der Waals surface area contributed by atoms with Gasteiger partial charge >= 0.3 is 6.18 Å². The molecule has 0 bridgehead atoms. The van der Waals surface area contributed by atoms with Crippen LogP contribution in [0.15, 0.2) is 53.0 Å². The maximum Gasteiger partial charge on any atom is 0.435 e. The van der Waals surface area contributed by atoms with Gasteiger partial charge in [-0.25, -0.2) is 0 Å². The van der Waals surface area contributed by atoms with Crippen LogP contribution in [0.4, 0.5) is 18.9 Å². The minimum Gasteiger partial charge on any atom is -0.467 e. The molecule has 5 nitrogen and oxygen atoms in total. The molecule has 1 heterocycles. The Morgan fingerprint density at radius 3 is 2.62 bits per heavy atom. The van der Waals surface area contributed by atoms with Gasteiger partial charge in [-0.1, -0.05) is 45.7 Å². The standard InChI is InChI=1S/C19H14BrClF3N3O2/c1-11-6-7-12(8-13(11)20)25-17(28)10-29-18-9-16(19(22,23)24)26-27(18)15-5-3-2-4-14(15)21/h2-9H,10H2,1H3,(H,25,28). The van der Waals surface area contributed by atoms with E-state index in [0.29, 0.717) is 5.69 Å². The molecule has 152 valence electrons. The van der Waals surface area contributed by atoms with E-state index in [1.54, 1.807) is 24.3 Å². The highest BCUT2D eigenvalue weighted by molar-refractivity contribution is 9.10. The zero-order valence-electron chi connectivity index (χ0n) is 14.9. The van der Waals surface area contributed by atoms with Crippen molar-refractivity contribution in [3.8, 4) is 11.6 Å². The summed E-state index contributed by atoms with van der Waals surface area (Å²) in [6.45, 7) is 1.38. The molecule has 0 aliphatic carbocycles. The highest BCUT2D eigenvalue weighted by atomic mass is 79.9. The van der Waals surface area contributed by atoms with Crippen molar-refractivity contribution in [3.05, 3.63) is 69.3 Å². The van der Waals surface area contributed by atoms with Crippen molar-refractivity contribution in [2.24, 2.45) is 0 Å². The first kappa shape index (κ1) is 21.2. The topological polar surface area (TPSA) is 56.1 Å². The van der Waals surface area contributed by atoms with Crippen LogP contribution in [0, 0.1) is 6.92 Å². The summed E-state index contributed by atoms with van der Waals surface area (Å²) in [4.78, 5) is 12.2. The van der Waals surface area contributed by atoms with Gasteiger partial charge in [0.1, 0.15) is 0 Å². The maximum atomic E-state index is 13.1. The normalized spacial score (nSPS) is 11.4. The van der Waals surface area contributed by atoms with Crippen LogP contribution in [-0.4, -0.2) is 22.3 Å². The average Bonchev–Trinajstić information content (AvgIpc) is 3.08. The molecule has 0 saturated carbocycles.